The smallest absolute Gasteiger partial charge is 0.124 e. The zero-order valence-electron chi connectivity index (χ0n) is 13.4. The quantitative estimate of drug-likeness (QED) is 0.529. The molecule has 0 radical (unpaired) electrons. The number of phenolic OH excluding ortho intramolecular Hbond substituents is 1. The fourth-order valence-electron chi connectivity index (χ4n) is 2.36. The Morgan fingerprint density at radius 1 is 0.880 bits per heavy atom. The van der Waals surface area contributed by atoms with Crippen molar-refractivity contribution in [3.05, 3.63) is 87.9 Å². The molecule has 0 unspecified atom stereocenters. The Morgan fingerprint density at radius 3 is 2.40 bits per heavy atom. The molecule has 25 heavy (non-hydrogen) atoms. The van der Waals surface area contributed by atoms with Crippen LogP contribution in [-0.4, -0.2) is 5.11 Å². The lowest BCUT2D eigenvalue weighted by atomic mass is 10.2. The maximum Gasteiger partial charge on any atom is 0.124 e. The summed E-state index contributed by atoms with van der Waals surface area (Å²) in [6.07, 6.45) is 0. The topological polar surface area (TPSA) is 41.5 Å². The van der Waals surface area contributed by atoms with Gasteiger partial charge in [0, 0.05) is 33.4 Å². The minimum absolute atomic E-state index is 0.245. The Hall–Kier alpha value is -2.36. The number of nitrogens with one attached hydrogen (secondary N) is 1. The Labute approximate surface area is 156 Å². The molecule has 0 amide bonds. The van der Waals surface area contributed by atoms with E-state index in [-0.39, 0.29) is 5.75 Å². The molecule has 0 saturated heterocycles. The monoisotopic (exact) mass is 373 g/mol. The molecule has 2 N–H and O–H groups in total. The molecule has 0 atom stereocenters. The Morgan fingerprint density at radius 2 is 1.64 bits per heavy atom. The van der Waals surface area contributed by atoms with Crippen molar-refractivity contribution in [1.82, 2.24) is 0 Å². The third kappa shape index (κ3) is 4.81. The van der Waals surface area contributed by atoms with Gasteiger partial charge in [-0.25, -0.2) is 0 Å². The first-order valence-electron chi connectivity index (χ1n) is 7.79. The molecule has 0 saturated carbocycles. The van der Waals surface area contributed by atoms with E-state index in [0.29, 0.717) is 23.2 Å². The highest BCUT2D eigenvalue weighted by atomic mass is 35.5. The summed E-state index contributed by atoms with van der Waals surface area (Å²) >= 11 is 12.1. The molecule has 3 nitrogen and oxygen atoms in total. The van der Waals surface area contributed by atoms with Gasteiger partial charge in [0.1, 0.15) is 18.1 Å². The predicted octanol–water partition coefficient (Wildman–Crippen LogP) is 5.89. The van der Waals surface area contributed by atoms with Crippen LogP contribution in [0.4, 0.5) is 5.69 Å². The molecule has 0 aliphatic rings. The number of para-hydroxylation sites is 1. The highest BCUT2D eigenvalue weighted by molar-refractivity contribution is 6.35. The summed E-state index contributed by atoms with van der Waals surface area (Å²) in [6, 6.07) is 20.1. The highest BCUT2D eigenvalue weighted by Crippen LogP contribution is 2.25. The van der Waals surface area contributed by atoms with E-state index >= 15 is 0 Å². The molecule has 0 aliphatic heterocycles. The van der Waals surface area contributed by atoms with E-state index in [0.717, 1.165) is 22.6 Å². The average Bonchev–Trinajstić information content (AvgIpc) is 2.61. The van der Waals surface area contributed by atoms with Crippen LogP contribution in [0.1, 0.15) is 11.1 Å². The maximum atomic E-state index is 9.34. The number of phenols is 1. The van der Waals surface area contributed by atoms with Crippen molar-refractivity contribution in [2.75, 3.05) is 5.32 Å². The van der Waals surface area contributed by atoms with Crippen LogP contribution >= 0.6 is 23.2 Å². The molecule has 3 aromatic rings. The zero-order valence-corrected chi connectivity index (χ0v) is 14.9. The average molecular weight is 374 g/mol. The summed E-state index contributed by atoms with van der Waals surface area (Å²) < 4.78 is 5.94. The van der Waals surface area contributed by atoms with Gasteiger partial charge in [-0.15, -0.1) is 0 Å². The summed E-state index contributed by atoms with van der Waals surface area (Å²) in [4.78, 5) is 0. The molecule has 0 bridgehead atoms. The van der Waals surface area contributed by atoms with Gasteiger partial charge >= 0.3 is 0 Å². The third-order valence-corrected chi connectivity index (χ3v) is 4.31. The standard InChI is InChI=1S/C20H17Cl2NO2/c21-16-6-5-15(19(22)11-16)13-25-20-4-2-1-3-14(20)12-23-17-7-9-18(24)10-8-17/h1-11,23-24H,12-13H2. The van der Waals surface area contributed by atoms with E-state index in [1.165, 1.54) is 0 Å². The van der Waals surface area contributed by atoms with E-state index in [9.17, 15) is 5.11 Å². The third-order valence-electron chi connectivity index (χ3n) is 3.72. The second kappa shape index (κ2) is 8.15. The first-order chi connectivity index (χ1) is 12.1. The van der Waals surface area contributed by atoms with Crippen molar-refractivity contribution in [3.63, 3.8) is 0 Å². The summed E-state index contributed by atoms with van der Waals surface area (Å²) in [5.74, 6) is 1.04. The van der Waals surface area contributed by atoms with Gasteiger partial charge in [0.05, 0.1) is 0 Å². The Kier molecular flexibility index (Phi) is 5.69. The van der Waals surface area contributed by atoms with Crippen LogP contribution in [0.15, 0.2) is 66.7 Å². The first kappa shape index (κ1) is 17.5. The van der Waals surface area contributed by atoms with E-state index in [4.69, 9.17) is 27.9 Å². The van der Waals surface area contributed by atoms with Gasteiger partial charge in [-0.05, 0) is 42.5 Å². The van der Waals surface area contributed by atoms with Crippen LogP contribution in [0.5, 0.6) is 11.5 Å². The Bertz CT molecular complexity index is 851. The normalized spacial score (nSPS) is 10.5. The number of ether oxygens (including phenoxy) is 1. The molecule has 0 spiro atoms. The zero-order chi connectivity index (χ0) is 17.6. The lowest BCUT2D eigenvalue weighted by molar-refractivity contribution is 0.303. The molecule has 5 heteroatoms. The van der Waals surface area contributed by atoms with Gasteiger partial charge in [-0.2, -0.15) is 0 Å². The fourth-order valence-corrected chi connectivity index (χ4v) is 2.82. The number of anilines is 1. The Balaban J connectivity index is 1.67. The van der Waals surface area contributed by atoms with Gasteiger partial charge in [0.15, 0.2) is 0 Å². The van der Waals surface area contributed by atoms with Gasteiger partial charge in [0.2, 0.25) is 0 Å². The van der Waals surface area contributed by atoms with Crippen molar-refractivity contribution < 1.29 is 9.84 Å². The number of halogens is 2. The predicted molar refractivity (Wildman–Crippen MR) is 103 cm³/mol. The molecule has 3 rings (SSSR count). The van der Waals surface area contributed by atoms with Gasteiger partial charge in [0.25, 0.3) is 0 Å². The van der Waals surface area contributed by atoms with Crippen molar-refractivity contribution in [3.8, 4) is 11.5 Å². The summed E-state index contributed by atoms with van der Waals surface area (Å²) in [5, 5.41) is 13.8. The summed E-state index contributed by atoms with van der Waals surface area (Å²) in [5.41, 5.74) is 2.83. The molecule has 0 aromatic heterocycles. The van der Waals surface area contributed by atoms with E-state index < -0.39 is 0 Å². The lowest BCUT2D eigenvalue weighted by Gasteiger charge is -2.13. The van der Waals surface area contributed by atoms with Gasteiger partial charge in [-0.1, -0.05) is 47.5 Å². The van der Waals surface area contributed by atoms with Crippen LogP contribution in [-0.2, 0) is 13.2 Å². The van der Waals surface area contributed by atoms with Crippen LogP contribution in [0.3, 0.4) is 0 Å². The van der Waals surface area contributed by atoms with Crippen molar-refractivity contribution in [2.24, 2.45) is 0 Å². The minimum Gasteiger partial charge on any atom is -0.508 e. The number of hydrogen-bond acceptors (Lipinski definition) is 3. The molecular weight excluding hydrogens is 357 g/mol. The second-order valence-electron chi connectivity index (χ2n) is 5.53. The van der Waals surface area contributed by atoms with Crippen LogP contribution in [0.2, 0.25) is 10.0 Å². The highest BCUT2D eigenvalue weighted by Gasteiger charge is 2.06. The van der Waals surface area contributed by atoms with Gasteiger partial charge < -0.3 is 15.2 Å². The van der Waals surface area contributed by atoms with E-state index in [1.54, 1.807) is 24.3 Å². The van der Waals surface area contributed by atoms with E-state index in [1.807, 2.05) is 42.5 Å². The molecular formula is C20H17Cl2NO2. The van der Waals surface area contributed by atoms with E-state index in [2.05, 4.69) is 5.32 Å². The molecule has 128 valence electrons. The SMILES string of the molecule is Oc1ccc(NCc2ccccc2OCc2ccc(Cl)cc2Cl)cc1. The van der Waals surface area contributed by atoms with Crippen molar-refractivity contribution in [1.29, 1.82) is 0 Å². The fraction of sp³-hybridized carbons (Fsp3) is 0.100. The molecule has 0 fully saturated rings. The van der Waals surface area contributed by atoms with Crippen LogP contribution in [0.25, 0.3) is 0 Å². The largest absolute Gasteiger partial charge is 0.508 e. The van der Waals surface area contributed by atoms with Crippen molar-refractivity contribution >= 4 is 28.9 Å². The van der Waals surface area contributed by atoms with Crippen molar-refractivity contribution in [2.45, 2.75) is 13.2 Å². The molecule has 0 heterocycles. The number of rotatable bonds is 6. The number of aromatic hydroxyl groups is 1. The first-order valence-corrected chi connectivity index (χ1v) is 8.55. The van der Waals surface area contributed by atoms with Crippen LogP contribution < -0.4 is 10.1 Å². The molecule has 3 aromatic carbocycles. The lowest BCUT2D eigenvalue weighted by Crippen LogP contribution is -2.03. The number of hydrogen-bond donors (Lipinski definition) is 2. The summed E-state index contributed by atoms with van der Waals surface area (Å²) in [6.45, 7) is 0.974. The second-order valence-corrected chi connectivity index (χ2v) is 6.38. The summed E-state index contributed by atoms with van der Waals surface area (Å²) in [7, 11) is 0. The van der Waals surface area contributed by atoms with Gasteiger partial charge in [-0.3, -0.25) is 0 Å². The molecule has 0 aliphatic carbocycles. The minimum atomic E-state index is 0.245. The number of benzene rings is 3. The van der Waals surface area contributed by atoms with Crippen LogP contribution in [0, 0.1) is 0 Å². The maximum absolute atomic E-state index is 9.34.